The number of nitrogens with zero attached hydrogens (tertiary/aromatic N) is 2. The molecule has 0 atom stereocenters. The van der Waals surface area contributed by atoms with Crippen LogP contribution < -0.4 is 0 Å². The number of hydrogen-bond acceptors (Lipinski definition) is 6. The maximum atomic E-state index is 10.8. The van der Waals surface area contributed by atoms with Crippen molar-refractivity contribution in [3.63, 3.8) is 0 Å². The third-order valence-electron chi connectivity index (χ3n) is 3.33. The minimum atomic E-state index is -0.721. The van der Waals surface area contributed by atoms with Crippen LogP contribution in [0.4, 0.5) is 0 Å². The van der Waals surface area contributed by atoms with Crippen LogP contribution in [0.25, 0.3) is 11.6 Å². The van der Waals surface area contributed by atoms with E-state index in [1.807, 2.05) is 0 Å². The highest BCUT2D eigenvalue weighted by Crippen LogP contribution is 2.51. The van der Waals surface area contributed by atoms with Crippen molar-refractivity contribution >= 4 is 17.7 Å². The molecule has 0 aliphatic heterocycles. The average molecular weight is 294 g/mol. The molecule has 6 nitrogen and oxygen atoms in total. The van der Waals surface area contributed by atoms with Gasteiger partial charge in [0, 0.05) is 0 Å². The maximum Gasteiger partial charge on any atom is 0.303 e. The first-order valence-electron chi connectivity index (χ1n) is 6.33. The quantitative estimate of drug-likeness (QED) is 0.839. The highest BCUT2D eigenvalue weighted by molar-refractivity contribution is 7.98. The molecule has 2 aromatic heterocycles. The number of carbonyl (C=O) groups is 1. The van der Waals surface area contributed by atoms with Gasteiger partial charge in [0.25, 0.3) is 0 Å². The molecule has 7 heteroatoms. The van der Waals surface area contributed by atoms with E-state index in [4.69, 9.17) is 14.0 Å². The fourth-order valence-electron chi connectivity index (χ4n) is 2.04. The van der Waals surface area contributed by atoms with Crippen molar-refractivity contribution in [3.8, 4) is 11.6 Å². The number of thioether (sulfide) groups is 1. The first-order valence-corrected chi connectivity index (χ1v) is 7.48. The van der Waals surface area contributed by atoms with Gasteiger partial charge in [-0.15, -0.1) is 0 Å². The Labute approximate surface area is 119 Å². The van der Waals surface area contributed by atoms with Gasteiger partial charge in [-0.1, -0.05) is 5.16 Å². The molecule has 0 saturated heterocycles. The average Bonchev–Trinajstić information content (AvgIpc) is 2.86. The Kier molecular flexibility index (Phi) is 3.52. The number of hydrogen-bond donors (Lipinski definition) is 1. The van der Waals surface area contributed by atoms with Crippen molar-refractivity contribution in [2.75, 3.05) is 5.75 Å². The molecule has 1 saturated carbocycles. The molecular weight excluding hydrogens is 280 g/mol. The summed E-state index contributed by atoms with van der Waals surface area (Å²) in [6, 6.07) is 3.54. The van der Waals surface area contributed by atoms with Crippen molar-refractivity contribution in [1.82, 2.24) is 10.1 Å². The number of aromatic nitrogens is 2. The second-order valence-corrected chi connectivity index (χ2v) is 6.04. The fourth-order valence-corrected chi connectivity index (χ4v) is 3.26. The lowest BCUT2D eigenvalue weighted by Crippen LogP contribution is -2.11. The predicted molar refractivity (Wildman–Crippen MR) is 72.1 cm³/mol. The zero-order valence-electron chi connectivity index (χ0n) is 10.7. The summed E-state index contributed by atoms with van der Waals surface area (Å²) in [6.07, 6.45) is 3.80. The molecule has 0 amide bonds. The van der Waals surface area contributed by atoms with Crippen LogP contribution in [-0.2, 0) is 10.5 Å². The zero-order chi connectivity index (χ0) is 14.0. The first kappa shape index (κ1) is 13.2. The molecule has 20 heavy (non-hydrogen) atoms. The molecule has 1 aliphatic carbocycles. The van der Waals surface area contributed by atoms with E-state index in [2.05, 4.69) is 10.1 Å². The molecule has 0 radical (unpaired) electrons. The lowest BCUT2D eigenvalue weighted by atomic mass is 10.1. The Morgan fingerprint density at radius 2 is 2.35 bits per heavy atom. The van der Waals surface area contributed by atoms with Crippen molar-refractivity contribution in [3.05, 3.63) is 24.3 Å². The third kappa shape index (κ3) is 3.04. The Bertz CT molecular complexity index is 589. The third-order valence-corrected chi connectivity index (χ3v) is 4.59. The van der Waals surface area contributed by atoms with Crippen LogP contribution in [0.1, 0.15) is 25.2 Å². The van der Waals surface area contributed by atoms with Gasteiger partial charge in [0.15, 0.2) is 5.76 Å². The summed E-state index contributed by atoms with van der Waals surface area (Å²) in [5.74, 6) is 2.24. The van der Waals surface area contributed by atoms with Crippen LogP contribution in [0.15, 0.2) is 27.3 Å². The van der Waals surface area contributed by atoms with E-state index >= 15 is 0 Å². The summed E-state index contributed by atoms with van der Waals surface area (Å²) in [5.41, 5.74) is -0.0135. The Hall–Kier alpha value is -1.76. The summed E-state index contributed by atoms with van der Waals surface area (Å²) in [6.45, 7) is 0. The molecule has 1 aliphatic rings. The van der Waals surface area contributed by atoms with Crippen molar-refractivity contribution < 1.29 is 18.8 Å². The number of carboxylic acids is 1. The van der Waals surface area contributed by atoms with Gasteiger partial charge in [0.05, 0.1) is 18.4 Å². The summed E-state index contributed by atoms with van der Waals surface area (Å²) in [5, 5.41) is 12.7. The maximum absolute atomic E-state index is 10.8. The van der Waals surface area contributed by atoms with Crippen LogP contribution in [0.2, 0.25) is 0 Å². The second-order valence-electron chi connectivity index (χ2n) is 5.05. The van der Waals surface area contributed by atoms with E-state index in [0.29, 0.717) is 23.2 Å². The molecule has 1 fully saturated rings. The highest BCUT2D eigenvalue weighted by atomic mass is 32.2. The fraction of sp³-hybridized carbons (Fsp3) is 0.462. The molecule has 3 rings (SSSR count). The topological polar surface area (TPSA) is 89.4 Å². The van der Waals surface area contributed by atoms with Crippen LogP contribution in [0.3, 0.4) is 0 Å². The molecule has 106 valence electrons. The van der Waals surface area contributed by atoms with E-state index in [-0.39, 0.29) is 11.8 Å². The van der Waals surface area contributed by atoms with Gasteiger partial charge in [-0.25, -0.2) is 0 Å². The Morgan fingerprint density at radius 1 is 1.50 bits per heavy atom. The first-order chi connectivity index (χ1) is 9.67. The standard InChI is InChI=1S/C13H14N2O4S/c16-11(17)6-13(3-4-13)8-20-7-10-14-12(15-19-10)9-2-1-5-18-9/h1-2,5H,3-4,6-8H2,(H,16,17). The van der Waals surface area contributed by atoms with Gasteiger partial charge < -0.3 is 14.0 Å². The number of rotatable bonds is 7. The predicted octanol–water partition coefficient (Wildman–Crippen LogP) is 2.82. The van der Waals surface area contributed by atoms with Crippen molar-refractivity contribution in [2.24, 2.45) is 5.41 Å². The molecule has 1 N–H and O–H groups in total. The lowest BCUT2D eigenvalue weighted by Gasteiger charge is -2.10. The summed E-state index contributed by atoms with van der Waals surface area (Å²) < 4.78 is 10.3. The number of furan rings is 1. The molecular formula is C13H14N2O4S. The Morgan fingerprint density at radius 3 is 3.00 bits per heavy atom. The summed E-state index contributed by atoms with van der Waals surface area (Å²) >= 11 is 1.64. The van der Waals surface area contributed by atoms with Crippen LogP contribution in [0.5, 0.6) is 0 Å². The van der Waals surface area contributed by atoms with E-state index in [1.165, 1.54) is 0 Å². The van der Waals surface area contributed by atoms with Crippen LogP contribution in [0, 0.1) is 5.41 Å². The largest absolute Gasteiger partial charge is 0.481 e. The smallest absolute Gasteiger partial charge is 0.303 e. The van der Waals surface area contributed by atoms with Gasteiger partial charge in [-0.05, 0) is 36.1 Å². The van der Waals surface area contributed by atoms with E-state index in [1.54, 1.807) is 30.2 Å². The number of carboxylic acid groups (broad SMARTS) is 1. The zero-order valence-corrected chi connectivity index (χ0v) is 11.6. The minimum Gasteiger partial charge on any atom is -0.481 e. The molecule has 0 spiro atoms. The van der Waals surface area contributed by atoms with Gasteiger partial charge in [0.2, 0.25) is 11.7 Å². The summed E-state index contributed by atoms with van der Waals surface area (Å²) in [7, 11) is 0. The normalized spacial score (nSPS) is 16.2. The van der Waals surface area contributed by atoms with Crippen molar-refractivity contribution in [1.29, 1.82) is 0 Å². The van der Waals surface area contributed by atoms with E-state index in [9.17, 15) is 4.79 Å². The van der Waals surface area contributed by atoms with Crippen molar-refractivity contribution in [2.45, 2.75) is 25.0 Å². The van der Waals surface area contributed by atoms with Crippen LogP contribution >= 0.6 is 11.8 Å². The van der Waals surface area contributed by atoms with E-state index < -0.39 is 5.97 Å². The minimum absolute atomic E-state index is 0.0135. The second kappa shape index (κ2) is 5.32. The van der Waals surface area contributed by atoms with Gasteiger partial charge in [-0.2, -0.15) is 16.7 Å². The van der Waals surface area contributed by atoms with E-state index in [0.717, 1.165) is 18.6 Å². The lowest BCUT2D eigenvalue weighted by molar-refractivity contribution is -0.138. The molecule has 2 aromatic rings. The van der Waals surface area contributed by atoms with Gasteiger partial charge in [0.1, 0.15) is 0 Å². The van der Waals surface area contributed by atoms with Gasteiger partial charge in [-0.3, -0.25) is 4.79 Å². The SMILES string of the molecule is O=C(O)CC1(CSCc2nc(-c3ccco3)no2)CC1. The van der Waals surface area contributed by atoms with Gasteiger partial charge >= 0.3 is 5.97 Å². The molecule has 0 bridgehead atoms. The van der Waals surface area contributed by atoms with Crippen LogP contribution in [-0.4, -0.2) is 27.0 Å². The molecule has 2 heterocycles. The number of aliphatic carboxylic acids is 1. The Balaban J connectivity index is 1.51. The highest BCUT2D eigenvalue weighted by Gasteiger charge is 2.44. The monoisotopic (exact) mass is 294 g/mol. The summed E-state index contributed by atoms with van der Waals surface area (Å²) in [4.78, 5) is 15.0. The molecule has 0 unspecified atom stereocenters. The molecule has 0 aromatic carbocycles.